The van der Waals surface area contributed by atoms with Crippen LogP contribution < -0.4 is 5.90 Å². The zero-order valence-electron chi connectivity index (χ0n) is 7.04. The van der Waals surface area contributed by atoms with Crippen LogP contribution in [0, 0.1) is 0 Å². The van der Waals surface area contributed by atoms with Gasteiger partial charge in [0.05, 0.1) is 0 Å². The molecule has 4 heteroatoms. The number of aromatic nitrogens is 1. The topological polar surface area (TPSA) is 48.1 Å². The molecule has 3 nitrogen and oxygen atoms in total. The molecular weight excluding hydrogens is 176 g/mol. The van der Waals surface area contributed by atoms with Crippen molar-refractivity contribution in [2.24, 2.45) is 5.90 Å². The zero-order chi connectivity index (χ0) is 9.19. The van der Waals surface area contributed by atoms with Crippen LogP contribution in [0.4, 0.5) is 0 Å². The first-order valence-electron chi connectivity index (χ1n) is 3.57. The first-order chi connectivity index (χ1) is 5.58. The molecule has 0 aliphatic rings. The third kappa shape index (κ3) is 1.75. The summed E-state index contributed by atoms with van der Waals surface area (Å²) >= 11 is 5.84. The molecule has 1 aromatic heterocycles. The van der Waals surface area contributed by atoms with Crippen molar-refractivity contribution >= 4 is 11.6 Å². The lowest BCUT2D eigenvalue weighted by atomic mass is 10.0. The van der Waals surface area contributed by atoms with Crippen molar-refractivity contribution in [1.82, 2.24) is 4.98 Å². The summed E-state index contributed by atoms with van der Waals surface area (Å²) in [5.41, 5.74) is 0.194. The second-order valence-corrected chi connectivity index (χ2v) is 3.33. The van der Waals surface area contributed by atoms with Gasteiger partial charge in [0.15, 0.2) is 0 Å². The minimum atomic E-state index is -0.592. The lowest BCUT2D eigenvalue weighted by Gasteiger charge is -2.22. The van der Waals surface area contributed by atoms with Gasteiger partial charge in [0.1, 0.15) is 10.8 Å². The Bertz CT molecular complexity index is 276. The summed E-state index contributed by atoms with van der Waals surface area (Å²) in [4.78, 5) is 8.70. The lowest BCUT2D eigenvalue weighted by Crippen LogP contribution is -2.25. The maximum absolute atomic E-state index is 5.84. The number of halogens is 1. The van der Waals surface area contributed by atoms with E-state index in [1.807, 2.05) is 19.9 Å². The van der Waals surface area contributed by atoms with E-state index in [0.29, 0.717) is 5.15 Å². The van der Waals surface area contributed by atoms with Crippen LogP contribution in [0.3, 0.4) is 0 Å². The summed E-state index contributed by atoms with van der Waals surface area (Å²) in [6.45, 7) is 3.66. The summed E-state index contributed by atoms with van der Waals surface area (Å²) in [6.07, 6.45) is 1.62. The van der Waals surface area contributed by atoms with Crippen molar-refractivity contribution in [1.29, 1.82) is 0 Å². The smallest absolute Gasteiger partial charge is 0.135 e. The van der Waals surface area contributed by atoms with Gasteiger partial charge in [-0.15, -0.1) is 0 Å². The molecule has 0 saturated heterocycles. The van der Waals surface area contributed by atoms with Gasteiger partial charge in [0.2, 0.25) is 0 Å². The van der Waals surface area contributed by atoms with Gasteiger partial charge in [-0.3, -0.25) is 4.84 Å². The van der Waals surface area contributed by atoms with Crippen molar-refractivity contribution in [3.05, 3.63) is 29.0 Å². The van der Waals surface area contributed by atoms with E-state index in [9.17, 15) is 0 Å². The molecule has 1 heterocycles. The summed E-state index contributed by atoms with van der Waals surface area (Å²) in [5.74, 6) is 5.12. The Kier molecular flexibility index (Phi) is 2.67. The first-order valence-corrected chi connectivity index (χ1v) is 3.94. The van der Waals surface area contributed by atoms with Gasteiger partial charge in [-0.1, -0.05) is 17.7 Å². The molecule has 0 aromatic carbocycles. The van der Waals surface area contributed by atoms with E-state index in [-0.39, 0.29) is 0 Å². The molecule has 0 amide bonds. The van der Waals surface area contributed by atoms with Crippen molar-refractivity contribution in [2.45, 2.75) is 19.4 Å². The molecule has 0 bridgehead atoms. The van der Waals surface area contributed by atoms with E-state index in [4.69, 9.17) is 22.3 Å². The Morgan fingerprint density at radius 2 is 2.25 bits per heavy atom. The quantitative estimate of drug-likeness (QED) is 0.567. The Morgan fingerprint density at radius 1 is 1.58 bits per heavy atom. The van der Waals surface area contributed by atoms with Crippen LogP contribution in [0.1, 0.15) is 19.4 Å². The number of rotatable bonds is 2. The van der Waals surface area contributed by atoms with Crippen LogP contribution >= 0.6 is 11.6 Å². The monoisotopic (exact) mass is 186 g/mol. The standard InChI is InChI=1S/C8H11ClN2O/c1-8(2,12-10)6-4-3-5-11-7(6)9/h3-5H,10H2,1-2H3. The lowest BCUT2D eigenvalue weighted by molar-refractivity contribution is -0.0237. The van der Waals surface area contributed by atoms with Gasteiger partial charge in [0.25, 0.3) is 0 Å². The Morgan fingerprint density at radius 3 is 2.75 bits per heavy atom. The Balaban J connectivity index is 3.10. The van der Waals surface area contributed by atoms with E-state index in [2.05, 4.69) is 4.98 Å². The average Bonchev–Trinajstić information content (AvgIpc) is 2.05. The van der Waals surface area contributed by atoms with Crippen LogP contribution in [0.5, 0.6) is 0 Å². The molecule has 2 N–H and O–H groups in total. The summed E-state index contributed by atoms with van der Waals surface area (Å²) in [7, 11) is 0. The summed E-state index contributed by atoms with van der Waals surface area (Å²) in [5, 5.41) is 0.424. The molecule has 0 unspecified atom stereocenters. The maximum Gasteiger partial charge on any atom is 0.135 e. The molecule has 0 fully saturated rings. The van der Waals surface area contributed by atoms with Crippen molar-refractivity contribution in [3.63, 3.8) is 0 Å². The molecule has 0 radical (unpaired) electrons. The number of nitrogens with zero attached hydrogens (tertiary/aromatic N) is 1. The number of hydrogen-bond acceptors (Lipinski definition) is 3. The molecule has 1 rings (SSSR count). The summed E-state index contributed by atoms with van der Waals surface area (Å²) in [6, 6.07) is 3.63. The molecule has 0 spiro atoms. The minimum absolute atomic E-state index is 0.424. The van der Waals surface area contributed by atoms with E-state index in [1.165, 1.54) is 0 Å². The maximum atomic E-state index is 5.84. The predicted octanol–water partition coefficient (Wildman–Crippen LogP) is 1.86. The first kappa shape index (κ1) is 9.45. The van der Waals surface area contributed by atoms with Gasteiger partial charge in [0, 0.05) is 11.8 Å². The fourth-order valence-electron chi connectivity index (χ4n) is 0.899. The Labute approximate surface area is 76.5 Å². The highest BCUT2D eigenvalue weighted by molar-refractivity contribution is 6.30. The number of hydrogen-bond donors (Lipinski definition) is 1. The fourth-order valence-corrected chi connectivity index (χ4v) is 1.25. The number of nitrogens with two attached hydrogens (primary N) is 1. The highest BCUT2D eigenvalue weighted by Gasteiger charge is 2.23. The van der Waals surface area contributed by atoms with E-state index in [0.717, 1.165) is 5.56 Å². The predicted molar refractivity (Wildman–Crippen MR) is 47.5 cm³/mol. The third-order valence-corrected chi connectivity index (χ3v) is 2.00. The third-order valence-electron chi connectivity index (χ3n) is 1.70. The second kappa shape index (κ2) is 3.39. The molecule has 0 saturated carbocycles. The highest BCUT2D eigenvalue weighted by atomic mass is 35.5. The van der Waals surface area contributed by atoms with Gasteiger partial charge in [-0.25, -0.2) is 10.9 Å². The van der Waals surface area contributed by atoms with Crippen LogP contribution in [0.15, 0.2) is 18.3 Å². The molecule has 66 valence electrons. The van der Waals surface area contributed by atoms with Crippen molar-refractivity contribution < 1.29 is 4.84 Å². The molecule has 0 aliphatic heterocycles. The van der Waals surface area contributed by atoms with Crippen molar-refractivity contribution in [2.75, 3.05) is 0 Å². The molecule has 1 aromatic rings. The molecular formula is C8H11ClN2O. The van der Waals surface area contributed by atoms with Gasteiger partial charge >= 0.3 is 0 Å². The van der Waals surface area contributed by atoms with Crippen molar-refractivity contribution in [3.8, 4) is 0 Å². The van der Waals surface area contributed by atoms with Gasteiger partial charge in [-0.2, -0.15) is 0 Å². The molecule has 0 aliphatic carbocycles. The van der Waals surface area contributed by atoms with E-state index < -0.39 is 5.60 Å². The highest BCUT2D eigenvalue weighted by Crippen LogP contribution is 2.27. The van der Waals surface area contributed by atoms with E-state index >= 15 is 0 Å². The summed E-state index contributed by atoms with van der Waals surface area (Å²) < 4.78 is 0. The van der Waals surface area contributed by atoms with Crippen LogP contribution in [0.25, 0.3) is 0 Å². The molecule has 12 heavy (non-hydrogen) atoms. The van der Waals surface area contributed by atoms with Gasteiger partial charge < -0.3 is 0 Å². The van der Waals surface area contributed by atoms with Crippen LogP contribution in [0.2, 0.25) is 5.15 Å². The van der Waals surface area contributed by atoms with Gasteiger partial charge in [-0.05, 0) is 19.9 Å². The SMILES string of the molecule is CC(C)(ON)c1cccnc1Cl. The normalized spacial score (nSPS) is 11.7. The minimum Gasteiger partial charge on any atom is -0.294 e. The van der Waals surface area contributed by atoms with Crippen LogP contribution in [-0.2, 0) is 10.4 Å². The van der Waals surface area contributed by atoms with Crippen LogP contribution in [-0.4, -0.2) is 4.98 Å². The Hall–Kier alpha value is -0.640. The molecule has 0 atom stereocenters. The second-order valence-electron chi connectivity index (χ2n) is 2.97. The zero-order valence-corrected chi connectivity index (χ0v) is 7.80. The van der Waals surface area contributed by atoms with E-state index in [1.54, 1.807) is 12.3 Å². The number of pyridine rings is 1. The fraction of sp³-hybridized carbons (Fsp3) is 0.375. The average molecular weight is 187 g/mol. The largest absolute Gasteiger partial charge is 0.294 e.